The van der Waals surface area contributed by atoms with Gasteiger partial charge >= 0.3 is 5.97 Å². The minimum atomic E-state index is -2.09. The number of nitrogens with one attached hydrogen (secondary N) is 2. The van der Waals surface area contributed by atoms with E-state index in [4.69, 9.17) is 18.6 Å². The molecule has 5 aromatic rings. The first-order valence-corrected chi connectivity index (χ1v) is 21.8. The number of aliphatic hydroxyl groups is 2. The van der Waals surface area contributed by atoms with Crippen LogP contribution in [0.25, 0.3) is 28.2 Å². The number of aliphatic hydroxyl groups excluding tert-OH is 1. The second-order valence-electron chi connectivity index (χ2n) is 14.8. The second-order valence-corrected chi connectivity index (χ2v) is 17.3. The van der Waals surface area contributed by atoms with Gasteiger partial charge < -0.3 is 49.4 Å². The summed E-state index contributed by atoms with van der Waals surface area (Å²) in [6.45, 7) is 4.67. The molecule has 14 heteroatoms. The Morgan fingerprint density at radius 3 is 2.67 bits per heavy atom. The van der Waals surface area contributed by atoms with Gasteiger partial charge in [0.1, 0.15) is 41.5 Å². The summed E-state index contributed by atoms with van der Waals surface area (Å²) in [7, 11) is 3.04. The summed E-state index contributed by atoms with van der Waals surface area (Å²) in [4.78, 5) is 29.1. The number of aromatic hydroxyl groups is 1. The lowest BCUT2D eigenvalue weighted by molar-refractivity contribution is -0.316. The van der Waals surface area contributed by atoms with Gasteiger partial charge in [-0.15, -0.1) is 0 Å². The van der Waals surface area contributed by atoms with Crippen LogP contribution in [0.4, 0.5) is 0 Å². The SMILES string of the molecule is CCc1ccccc1C=CCC(C)C1CNCC2(O)C(Oc3ccc4c(=O)c(-c5ccc(O)cc5)coc4c3)OC(C(=O)O)C(O)C2OCSSCC1c1cc[nH]c1. The summed E-state index contributed by atoms with van der Waals surface area (Å²) in [5.41, 5.74) is 2.30. The number of carboxylic acids is 1. The number of ether oxygens (including phenoxy) is 3. The second kappa shape index (κ2) is 18.6. The van der Waals surface area contributed by atoms with E-state index < -0.39 is 36.2 Å². The van der Waals surface area contributed by atoms with Gasteiger partial charge in [0.25, 0.3) is 0 Å². The van der Waals surface area contributed by atoms with Gasteiger partial charge in [0.15, 0.2) is 17.1 Å². The van der Waals surface area contributed by atoms with Crippen molar-refractivity contribution in [1.29, 1.82) is 0 Å². The van der Waals surface area contributed by atoms with E-state index in [2.05, 4.69) is 60.6 Å². The maximum atomic E-state index is 13.5. The van der Waals surface area contributed by atoms with E-state index in [1.807, 2.05) is 18.5 Å². The van der Waals surface area contributed by atoms with Crippen molar-refractivity contribution in [3.05, 3.63) is 124 Å². The molecule has 2 fully saturated rings. The number of carboxylic acid groups (broad SMARTS) is 1. The molecule has 0 bridgehead atoms. The zero-order chi connectivity index (χ0) is 40.8. The highest BCUT2D eigenvalue weighted by Crippen LogP contribution is 2.41. The van der Waals surface area contributed by atoms with Crippen LogP contribution in [0.15, 0.2) is 107 Å². The number of allylic oxidation sites excluding steroid dienone is 1. The summed E-state index contributed by atoms with van der Waals surface area (Å²) < 4.78 is 24.1. The number of phenols is 1. The molecule has 0 aliphatic carbocycles. The zero-order valence-electron chi connectivity index (χ0n) is 32.2. The third kappa shape index (κ3) is 9.03. The van der Waals surface area contributed by atoms with E-state index in [1.54, 1.807) is 22.9 Å². The Labute approximate surface area is 344 Å². The first kappa shape index (κ1) is 41.6. The van der Waals surface area contributed by atoms with E-state index in [0.717, 1.165) is 18.6 Å². The zero-order valence-corrected chi connectivity index (χ0v) is 33.8. The fourth-order valence-electron chi connectivity index (χ4n) is 7.90. The van der Waals surface area contributed by atoms with Gasteiger partial charge in [-0.3, -0.25) is 4.79 Å². The highest BCUT2D eigenvalue weighted by molar-refractivity contribution is 8.76. The highest BCUT2D eigenvalue weighted by atomic mass is 33.1. The molecule has 8 unspecified atom stereocenters. The lowest BCUT2D eigenvalue weighted by atomic mass is 9.78. The van der Waals surface area contributed by atoms with Crippen LogP contribution >= 0.6 is 21.6 Å². The maximum absolute atomic E-state index is 13.5. The molecule has 2 saturated heterocycles. The molecule has 0 amide bonds. The molecule has 4 heterocycles. The normalized spacial score (nSPS) is 26.3. The van der Waals surface area contributed by atoms with Crippen molar-refractivity contribution in [3.63, 3.8) is 0 Å². The number of fused-ring (bicyclic) bond motifs is 2. The third-order valence-electron chi connectivity index (χ3n) is 11.2. The fourth-order valence-corrected chi connectivity index (χ4v) is 9.95. The van der Waals surface area contributed by atoms with Crippen LogP contribution < -0.4 is 15.5 Å². The van der Waals surface area contributed by atoms with Crippen molar-refractivity contribution in [2.75, 3.05) is 24.8 Å². The molecular weight excluding hydrogens is 781 g/mol. The van der Waals surface area contributed by atoms with E-state index in [1.165, 1.54) is 64.1 Å². The predicted molar refractivity (Wildman–Crippen MR) is 226 cm³/mol. The molecule has 58 heavy (non-hydrogen) atoms. The van der Waals surface area contributed by atoms with Crippen molar-refractivity contribution >= 4 is 44.6 Å². The van der Waals surface area contributed by atoms with E-state index in [9.17, 15) is 30.0 Å². The molecule has 2 aliphatic heterocycles. The summed E-state index contributed by atoms with van der Waals surface area (Å²) in [6, 6.07) is 21.1. The van der Waals surface area contributed by atoms with Crippen LogP contribution in [0, 0.1) is 11.8 Å². The lowest BCUT2D eigenvalue weighted by Gasteiger charge is -2.48. The van der Waals surface area contributed by atoms with Crippen molar-refractivity contribution < 1.29 is 43.8 Å². The Morgan fingerprint density at radius 1 is 1.10 bits per heavy atom. The molecule has 0 radical (unpaired) electrons. The van der Waals surface area contributed by atoms with Crippen molar-refractivity contribution in [3.8, 4) is 22.6 Å². The number of benzene rings is 3. The molecular formula is C44H48N2O10S2. The van der Waals surface area contributed by atoms with E-state index in [0.29, 0.717) is 17.7 Å². The lowest BCUT2D eigenvalue weighted by Crippen LogP contribution is -2.72. The van der Waals surface area contributed by atoms with E-state index >= 15 is 0 Å². The Bertz CT molecular complexity index is 2250. The summed E-state index contributed by atoms with van der Waals surface area (Å²) in [5.74, 6) is -0.0322. The Hall–Kier alpha value is -4.54. The quantitative estimate of drug-likeness (QED) is 0.0809. The molecule has 8 atom stereocenters. The average Bonchev–Trinajstić information content (AvgIpc) is 3.75. The molecule has 306 valence electrons. The number of hydrogen-bond acceptors (Lipinski definition) is 12. The molecule has 0 spiro atoms. The highest BCUT2D eigenvalue weighted by Gasteiger charge is 2.59. The summed E-state index contributed by atoms with van der Waals surface area (Å²) >= 11 is 0. The van der Waals surface area contributed by atoms with Crippen LogP contribution in [0.5, 0.6) is 11.5 Å². The molecule has 6 N–H and O–H groups in total. The van der Waals surface area contributed by atoms with Gasteiger partial charge in [0, 0.05) is 30.8 Å². The fraction of sp³-hybridized carbons (Fsp3) is 0.364. The minimum absolute atomic E-state index is 0.0396. The van der Waals surface area contributed by atoms with Crippen LogP contribution in [0.1, 0.15) is 42.9 Å². The summed E-state index contributed by atoms with van der Waals surface area (Å²) in [5, 5.41) is 47.4. The smallest absolute Gasteiger partial charge is 0.335 e. The summed E-state index contributed by atoms with van der Waals surface area (Å²) in [6.07, 6.45) is 4.86. The minimum Gasteiger partial charge on any atom is -0.508 e. The Morgan fingerprint density at radius 2 is 1.91 bits per heavy atom. The number of hydrogen-bond donors (Lipinski definition) is 6. The molecule has 0 saturated carbocycles. The molecule has 2 aromatic heterocycles. The number of carbonyl (C=O) groups is 1. The van der Waals surface area contributed by atoms with Crippen LogP contribution in [-0.4, -0.2) is 86.4 Å². The number of aromatic nitrogens is 1. The van der Waals surface area contributed by atoms with Crippen molar-refractivity contribution in [1.82, 2.24) is 10.3 Å². The van der Waals surface area contributed by atoms with Gasteiger partial charge in [0.2, 0.25) is 6.29 Å². The number of aryl methyl sites for hydroxylation is 1. The average molecular weight is 829 g/mol. The number of aliphatic carboxylic acids is 1. The Balaban J connectivity index is 1.17. The van der Waals surface area contributed by atoms with Crippen molar-refractivity contribution in [2.24, 2.45) is 11.8 Å². The number of rotatable bonds is 10. The van der Waals surface area contributed by atoms with Gasteiger partial charge in [-0.25, -0.2) is 4.79 Å². The molecule has 12 nitrogen and oxygen atoms in total. The molecule has 7 rings (SSSR count). The van der Waals surface area contributed by atoms with Crippen LogP contribution in [0.2, 0.25) is 0 Å². The number of H-pyrrole nitrogens is 1. The van der Waals surface area contributed by atoms with Gasteiger partial charge in [0.05, 0.1) is 10.9 Å². The monoisotopic (exact) mass is 828 g/mol. The van der Waals surface area contributed by atoms with Gasteiger partial charge in [-0.1, -0.05) is 84.0 Å². The number of β-amino-alcohol motifs (C(OH)–C–C–N with tert-alkyl or cyclic N) is 1. The first-order chi connectivity index (χ1) is 28.1. The number of phenolic OH excluding ortho intramolecular Hbond substituents is 1. The standard InChI is InChI=1S/C44H48N2O10S2/c1-3-27-8-4-5-9-28(27)10-6-7-26(2)34-21-46-24-44(52)41(54-25-58-57-23-36(34)30-17-18-45-20-30)39(49)40(42(50)51)56-43(44)55-32-15-16-33-37(19-32)53-22-35(38(33)48)29-11-13-31(47)14-12-29/h4-6,8-20,22,26,34,36,39-41,43,45-47,49,52H,3,7,21,23-25H2,1-2H3,(H,50,51). The number of aromatic amines is 1. The van der Waals surface area contributed by atoms with Gasteiger partial charge in [-0.2, -0.15) is 0 Å². The van der Waals surface area contributed by atoms with Crippen LogP contribution in [-0.2, 0) is 20.7 Å². The predicted octanol–water partition coefficient (Wildman–Crippen LogP) is 6.80. The van der Waals surface area contributed by atoms with Crippen molar-refractivity contribution in [2.45, 2.75) is 62.8 Å². The first-order valence-electron chi connectivity index (χ1n) is 19.3. The van der Waals surface area contributed by atoms with E-state index in [-0.39, 0.29) is 58.1 Å². The van der Waals surface area contributed by atoms with Crippen LogP contribution in [0.3, 0.4) is 0 Å². The maximum Gasteiger partial charge on any atom is 0.335 e. The molecule has 3 aromatic carbocycles. The third-order valence-corrected chi connectivity index (χ3v) is 13.2. The topological polar surface area (TPSA) is 184 Å². The molecule has 2 aliphatic rings. The van der Waals surface area contributed by atoms with Gasteiger partial charge in [-0.05, 0) is 89.7 Å². The Kier molecular flexibility index (Phi) is 13.3. The largest absolute Gasteiger partial charge is 0.508 e.